The quantitative estimate of drug-likeness (QED) is 0.931. The normalized spacial score (nSPS) is 27.6. The van der Waals surface area contributed by atoms with Crippen molar-refractivity contribution >= 4 is 5.82 Å². The zero-order valence-electron chi connectivity index (χ0n) is 14.1. The van der Waals surface area contributed by atoms with Gasteiger partial charge in [-0.05, 0) is 50.6 Å². The van der Waals surface area contributed by atoms with Crippen molar-refractivity contribution in [3.63, 3.8) is 0 Å². The van der Waals surface area contributed by atoms with Gasteiger partial charge in [0, 0.05) is 13.0 Å². The molecule has 2 aliphatic rings. The summed E-state index contributed by atoms with van der Waals surface area (Å²) in [5.41, 5.74) is 0.890. The Balaban J connectivity index is 1.36. The lowest BCUT2D eigenvalue weighted by molar-refractivity contribution is -0.0544. The van der Waals surface area contributed by atoms with Gasteiger partial charge in [-0.25, -0.2) is 0 Å². The van der Waals surface area contributed by atoms with Gasteiger partial charge in [-0.15, -0.1) is 5.10 Å². The van der Waals surface area contributed by atoms with Gasteiger partial charge in [0.25, 0.3) is 0 Å². The third-order valence-corrected chi connectivity index (χ3v) is 4.94. The molecule has 4 rings (SSSR count). The van der Waals surface area contributed by atoms with Crippen LogP contribution in [0.1, 0.15) is 30.7 Å². The number of nitrogens with one attached hydrogen (secondary N) is 1. The van der Waals surface area contributed by atoms with Crippen LogP contribution in [0.2, 0.25) is 0 Å². The first-order valence-corrected chi connectivity index (χ1v) is 8.66. The predicted molar refractivity (Wildman–Crippen MR) is 90.7 cm³/mol. The number of aryl methyl sites for hydroxylation is 1. The molecular formula is C18H24N4O2. The smallest absolute Gasteiger partial charge is 0.148 e. The Labute approximate surface area is 142 Å². The van der Waals surface area contributed by atoms with Crippen LogP contribution in [0, 0.1) is 6.92 Å². The van der Waals surface area contributed by atoms with Gasteiger partial charge >= 0.3 is 0 Å². The highest BCUT2D eigenvalue weighted by Crippen LogP contribution is 2.36. The highest BCUT2D eigenvalue weighted by molar-refractivity contribution is 5.34. The van der Waals surface area contributed by atoms with E-state index in [1.165, 1.54) is 0 Å². The fourth-order valence-electron chi connectivity index (χ4n) is 3.85. The second-order valence-electron chi connectivity index (χ2n) is 6.99. The fourth-order valence-corrected chi connectivity index (χ4v) is 3.85. The average molecular weight is 328 g/mol. The summed E-state index contributed by atoms with van der Waals surface area (Å²) in [6.07, 6.45) is 5.04. The second kappa shape index (κ2) is 6.53. The molecule has 0 radical (unpaired) electrons. The molecule has 2 atom stereocenters. The van der Waals surface area contributed by atoms with Crippen LogP contribution in [0.4, 0.5) is 5.82 Å². The molecule has 0 saturated carbocycles. The van der Waals surface area contributed by atoms with Crippen molar-refractivity contribution in [2.75, 3.05) is 25.0 Å². The highest BCUT2D eigenvalue weighted by Gasteiger charge is 2.43. The number of furan rings is 1. The molecule has 0 aliphatic carbocycles. The van der Waals surface area contributed by atoms with E-state index in [0.29, 0.717) is 6.04 Å². The Morgan fingerprint density at radius 2 is 2.29 bits per heavy atom. The lowest BCUT2D eigenvalue weighted by Gasteiger charge is -2.39. The van der Waals surface area contributed by atoms with Crippen molar-refractivity contribution < 1.29 is 9.15 Å². The first-order valence-electron chi connectivity index (χ1n) is 8.66. The van der Waals surface area contributed by atoms with Gasteiger partial charge in [0.15, 0.2) is 0 Å². The molecule has 0 unspecified atom stereocenters. The Kier molecular flexibility index (Phi) is 4.24. The van der Waals surface area contributed by atoms with Crippen LogP contribution < -0.4 is 5.32 Å². The summed E-state index contributed by atoms with van der Waals surface area (Å²) in [5.74, 6) is 1.85. The molecule has 6 nitrogen and oxygen atoms in total. The summed E-state index contributed by atoms with van der Waals surface area (Å²) < 4.78 is 11.7. The molecule has 6 heteroatoms. The van der Waals surface area contributed by atoms with Crippen LogP contribution in [0.15, 0.2) is 34.9 Å². The second-order valence-corrected chi connectivity index (χ2v) is 6.99. The number of piperidine rings is 1. The van der Waals surface area contributed by atoms with E-state index in [4.69, 9.17) is 9.15 Å². The van der Waals surface area contributed by atoms with E-state index in [0.717, 1.165) is 62.8 Å². The van der Waals surface area contributed by atoms with E-state index in [1.807, 2.05) is 31.2 Å². The van der Waals surface area contributed by atoms with Gasteiger partial charge in [-0.1, -0.05) is 0 Å². The summed E-state index contributed by atoms with van der Waals surface area (Å²) in [4.78, 5) is 2.44. The third-order valence-electron chi connectivity index (χ3n) is 4.94. The van der Waals surface area contributed by atoms with Crippen LogP contribution in [-0.4, -0.2) is 46.4 Å². The minimum atomic E-state index is -0.0410. The zero-order chi connectivity index (χ0) is 16.4. The molecule has 0 aromatic carbocycles. The van der Waals surface area contributed by atoms with Gasteiger partial charge in [-0.3, -0.25) is 4.90 Å². The van der Waals surface area contributed by atoms with E-state index < -0.39 is 0 Å². The van der Waals surface area contributed by atoms with Crippen LogP contribution in [0.5, 0.6) is 0 Å². The Bertz CT molecular complexity index is 658. The van der Waals surface area contributed by atoms with Crippen molar-refractivity contribution in [1.29, 1.82) is 0 Å². The summed E-state index contributed by atoms with van der Waals surface area (Å²) >= 11 is 0. The summed E-state index contributed by atoms with van der Waals surface area (Å²) in [6.45, 7) is 5.60. The van der Waals surface area contributed by atoms with Crippen molar-refractivity contribution in [2.24, 2.45) is 0 Å². The Morgan fingerprint density at radius 1 is 1.33 bits per heavy atom. The number of nitrogens with zero attached hydrogens (tertiary/aromatic N) is 3. The van der Waals surface area contributed by atoms with E-state index >= 15 is 0 Å². The van der Waals surface area contributed by atoms with Gasteiger partial charge in [-0.2, -0.15) is 5.10 Å². The average Bonchev–Trinajstić information content (AvgIpc) is 3.21. The number of anilines is 1. The topological polar surface area (TPSA) is 63.4 Å². The molecule has 2 aromatic rings. The number of aromatic nitrogens is 2. The molecule has 1 N–H and O–H groups in total. The zero-order valence-corrected chi connectivity index (χ0v) is 14.1. The standard InChI is InChI=1S/C18H24N4O2/c1-14-5-6-17(21-20-14)19-15-10-18(24-12-15)7-3-8-22(13-18)11-16-4-2-9-23-16/h2,4-6,9,15H,3,7-8,10-13H2,1H3,(H,19,21)/t15-,18-/m0/s1. The Hall–Kier alpha value is -1.92. The molecule has 2 aromatic heterocycles. The Morgan fingerprint density at radius 3 is 3.08 bits per heavy atom. The summed E-state index contributed by atoms with van der Waals surface area (Å²) in [7, 11) is 0. The van der Waals surface area contributed by atoms with Crippen LogP contribution in [-0.2, 0) is 11.3 Å². The number of rotatable bonds is 4. The van der Waals surface area contributed by atoms with E-state index in [1.54, 1.807) is 6.26 Å². The van der Waals surface area contributed by atoms with E-state index in [-0.39, 0.29) is 5.60 Å². The molecule has 0 bridgehead atoms. The molecule has 4 heterocycles. The maximum absolute atomic E-state index is 6.26. The van der Waals surface area contributed by atoms with Crippen molar-refractivity contribution in [3.05, 3.63) is 42.0 Å². The highest BCUT2D eigenvalue weighted by atomic mass is 16.5. The molecule has 2 aliphatic heterocycles. The maximum Gasteiger partial charge on any atom is 0.148 e. The largest absolute Gasteiger partial charge is 0.468 e. The number of hydrogen-bond acceptors (Lipinski definition) is 6. The monoisotopic (exact) mass is 328 g/mol. The van der Waals surface area contributed by atoms with Gasteiger partial charge in [0.2, 0.25) is 0 Å². The molecule has 0 amide bonds. The number of hydrogen-bond donors (Lipinski definition) is 1. The lowest BCUT2D eigenvalue weighted by Crippen LogP contribution is -2.47. The van der Waals surface area contributed by atoms with Crippen molar-refractivity contribution in [1.82, 2.24) is 15.1 Å². The van der Waals surface area contributed by atoms with Crippen LogP contribution in [0.3, 0.4) is 0 Å². The van der Waals surface area contributed by atoms with Gasteiger partial charge in [0.1, 0.15) is 11.6 Å². The molecule has 1 spiro atoms. The lowest BCUT2D eigenvalue weighted by atomic mass is 9.88. The summed E-state index contributed by atoms with van der Waals surface area (Å²) in [5, 5.41) is 11.8. The van der Waals surface area contributed by atoms with Gasteiger partial charge < -0.3 is 14.5 Å². The first kappa shape index (κ1) is 15.6. The molecule has 2 fully saturated rings. The molecule has 128 valence electrons. The molecular weight excluding hydrogens is 304 g/mol. The van der Waals surface area contributed by atoms with Crippen LogP contribution in [0.25, 0.3) is 0 Å². The minimum Gasteiger partial charge on any atom is -0.468 e. The molecule has 24 heavy (non-hydrogen) atoms. The maximum atomic E-state index is 6.26. The molecule has 2 saturated heterocycles. The van der Waals surface area contributed by atoms with Crippen LogP contribution >= 0.6 is 0 Å². The van der Waals surface area contributed by atoms with E-state index in [9.17, 15) is 0 Å². The summed E-state index contributed by atoms with van der Waals surface area (Å²) in [6, 6.07) is 8.25. The first-order chi connectivity index (χ1) is 11.7. The SMILES string of the molecule is Cc1ccc(N[C@@H]2CO[C@@]3(CCCN(Cc4ccco4)C3)C2)nn1. The van der Waals surface area contributed by atoms with Crippen molar-refractivity contribution in [2.45, 2.75) is 44.4 Å². The van der Waals surface area contributed by atoms with E-state index in [2.05, 4.69) is 20.4 Å². The fraction of sp³-hybridized carbons (Fsp3) is 0.556. The van der Waals surface area contributed by atoms with Gasteiger partial charge in [0.05, 0.1) is 36.8 Å². The predicted octanol–water partition coefficient (Wildman–Crippen LogP) is 2.61. The minimum absolute atomic E-state index is 0.0410. The number of ether oxygens (including phenoxy) is 1. The number of likely N-dealkylation sites (tertiary alicyclic amines) is 1. The third kappa shape index (κ3) is 3.44. The van der Waals surface area contributed by atoms with Crippen molar-refractivity contribution in [3.8, 4) is 0 Å².